The van der Waals surface area contributed by atoms with Crippen molar-refractivity contribution in [1.82, 2.24) is 10.9 Å². The van der Waals surface area contributed by atoms with Crippen LogP contribution in [0.2, 0.25) is 0 Å². The van der Waals surface area contributed by atoms with E-state index in [9.17, 15) is 9.90 Å². The summed E-state index contributed by atoms with van der Waals surface area (Å²) in [5.74, 6) is 0. The lowest BCUT2D eigenvalue weighted by Gasteiger charge is -2.55. The Morgan fingerprint density at radius 3 is 2.17 bits per heavy atom. The number of hydrogen-bond acceptors (Lipinski definition) is 4. The van der Waals surface area contributed by atoms with Gasteiger partial charge in [-0.25, -0.2) is 4.79 Å². The zero-order valence-electron chi connectivity index (χ0n) is 11.8. The van der Waals surface area contributed by atoms with Crippen LogP contribution in [0.3, 0.4) is 0 Å². The highest BCUT2D eigenvalue weighted by atomic mass is 16.6. The number of nitrogens with two attached hydrogens (primary N) is 1. The van der Waals surface area contributed by atoms with Gasteiger partial charge in [-0.1, -0.05) is 0 Å². The number of quaternary nitrogens is 1. The summed E-state index contributed by atoms with van der Waals surface area (Å²) in [5.41, 5.74) is 2.58. The molecule has 2 heterocycles. The predicted molar refractivity (Wildman–Crippen MR) is 65.4 cm³/mol. The van der Waals surface area contributed by atoms with Crippen LogP contribution in [0.1, 0.15) is 47.5 Å². The van der Waals surface area contributed by atoms with Gasteiger partial charge < -0.3 is 15.2 Å². The van der Waals surface area contributed by atoms with Gasteiger partial charge in [0.25, 0.3) is 0 Å². The molecule has 0 aromatic heterocycles. The number of carbonyl (C=O) groups is 1. The standard InChI is InChI=1S/C12H23N3O3/c1-9(2)6-12(7-10(3,4)14-9)11(5,17)15-13-8(16)18-12/h14-15,17H,6-7H2,1-5H3,(H,13,16)/p+1. The van der Waals surface area contributed by atoms with Crippen molar-refractivity contribution in [2.75, 3.05) is 0 Å². The van der Waals surface area contributed by atoms with Crippen molar-refractivity contribution in [2.45, 2.75) is 69.9 Å². The molecule has 0 aliphatic carbocycles. The van der Waals surface area contributed by atoms with E-state index in [-0.39, 0.29) is 11.1 Å². The number of hydrazine groups is 1. The molecular weight excluding hydrogens is 234 g/mol. The molecule has 2 aliphatic heterocycles. The third-order valence-electron chi connectivity index (χ3n) is 3.85. The molecule has 6 heteroatoms. The van der Waals surface area contributed by atoms with Crippen molar-refractivity contribution < 1.29 is 20.0 Å². The maximum Gasteiger partial charge on any atom is 0.422 e. The topological polar surface area (TPSA) is 87.2 Å². The third-order valence-corrected chi connectivity index (χ3v) is 3.85. The minimum Gasteiger partial charge on any atom is -0.437 e. The summed E-state index contributed by atoms with van der Waals surface area (Å²) in [7, 11) is 0. The number of rotatable bonds is 0. The van der Waals surface area contributed by atoms with Gasteiger partial charge in [-0.05, 0) is 34.6 Å². The Labute approximate surface area is 107 Å². The molecule has 6 nitrogen and oxygen atoms in total. The Kier molecular flexibility index (Phi) is 2.71. The molecule has 2 rings (SSSR count). The highest BCUT2D eigenvalue weighted by Crippen LogP contribution is 2.41. The van der Waals surface area contributed by atoms with Crippen molar-refractivity contribution >= 4 is 6.09 Å². The summed E-state index contributed by atoms with van der Waals surface area (Å²) in [6, 6.07) is 0. The molecule has 1 unspecified atom stereocenters. The van der Waals surface area contributed by atoms with Gasteiger partial charge >= 0.3 is 6.09 Å². The molecule has 1 atom stereocenters. The normalized spacial score (nSPS) is 36.9. The summed E-state index contributed by atoms with van der Waals surface area (Å²) in [6.45, 7) is 10.0. The highest BCUT2D eigenvalue weighted by molar-refractivity contribution is 5.68. The van der Waals surface area contributed by atoms with E-state index in [0.717, 1.165) is 0 Å². The summed E-state index contributed by atoms with van der Waals surface area (Å²) >= 11 is 0. The Balaban J connectivity index is 2.41. The second kappa shape index (κ2) is 3.59. The van der Waals surface area contributed by atoms with Crippen LogP contribution >= 0.6 is 0 Å². The van der Waals surface area contributed by atoms with E-state index in [1.54, 1.807) is 6.92 Å². The number of amides is 1. The van der Waals surface area contributed by atoms with Gasteiger partial charge in [0, 0.05) is 12.8 Å². The maximum absolute atomic E-state index is 11.5. The molecule has 0 saturated carbocycles. The SMILES string of the molecule is CC1(C)CC2(CC(C)(C)[NH2+]1)OC(=O)NNC2(C)O. The van der Waals surface area contributed by atoms with E-state index in [1.807, 2.05) is 0 Å². The fraction of sp³-hybridized carbons (Fsp3) is 0.917. The lowest BCUT2D eigenvalue weighted by Crippen LogP contribution is -3.07. The molecule has 2 saturated heterocycles. The minimum atomic E-state index is -1.29. The zero-order valence-corrected chi connectivity index (χ0v) is 11.8. The monoisotopic (exact) mass is 258 g/mol. The first-order valence-electron chi connectivity index (χ1n) is 6.33. The molecule has 2 fully saturated rings. The van der Waals surface area contributed by atoms with E-state index in [2.05, 4.69) is 43.9 Å². The minimum absolute atomic E-state index is 0.106. The molecule has 0 radical (unpaired) electrons. The van der Waals surface area contributed by atoms with Crippen LogP contribution in [-0.4, -0.2) is 33.6 Å². The van der Waals surface area contributed by atoms with Crippen LogP contribution < -0.4 is 16.2 Å². The van der Waals surface area contributed by atoms with Gasteiger partial charge in [-0.3, -0.25) is 5.43 Å². The number of aliphatic hydroxyl groups is 1. The van der Waals surface area contributed by atoms with Crippen molar-refractivity contribution in [2.24, 2.45) is 0 Å². The zero-order chi connectivity index (χ0) is 13.8. The van der Waals surface area contributed by atoms with E-state index >= 15 is 0 Å². The summed E-state index contributed by atoms with van der Waals surface area (Å²) in [4.78, 5) is 11.5. The van der Waals surface area contributed by atoms with Gasteiger partial charge in [0.05, 0.1) is 11.1 Å². The fourth-order valence-corrected chi connectivity index (χ4v) is 3.70. The van der Waals surface area contributed by atoms with Crippen molar-refractivity contribution in [3.05, 3.63) is 0 Å². The highest BCUT2D eigenvalue weighted by Gasteiger charge is 2.63. The lowest BCUT2D eigenvalue weighted by atomic mass is 9.68. The smallest absolute Gasteiger partial charge is 0.422 e. The summed E-state index contributed by atoms with van der Waals surface area (Å²) in [5, 5.41) is 12.8. The average molecular weight is 258 g/mol. The molecule has 1 spiro atoms. The van der Waals surface area contributed by atoms with E-state index in [1.165, 1.54) is 0 Å². The number of carbonyl (C=O) groups excluding carboxylic acids is 1. The van der Waals surface area contributed by atoms with Crippen LogP contribution in [0.5, 0.6) is 0 Å². The molecule has 0 bridgehead atoms. The van der Waals surface area contributed by atoms with Crippen molar-refractivity contribution in [3.63, 3.8) is 0 Å². The second-order valence-corrected chi connectivity index (χ2v) is 7.18. The van der Waals surface area contributed by atoms with Crippen LogP contribution in [-0.2, 0) is 4.74 Å². The van der Waals surface area contributed by atoms with E-state index in [4.69, 9.17) is 4.74 Å². The quantitative estimate of drug-likeness (QED) is 0.476. The molecule has 18 heavy (non-hydrogen) atoms. The Morgan fingerprint density at radius 2 is 1.67 bits per heavy atom. The molecular formula is C12H24N3O3+. The Bertz CT molecular complexity index is 361. The fourth-order valence-electron chi connectivity index (χ4n) is 3.70. The average Bonchev–Trinajstić information content (AvgIpc) is 2.07. The largest absolute Gasteiger partial charge is 0.437 e. The molecule has 0 aromatic rings. The van der Waals surface area contributed by atoms with Crippen LogP contribution in [0.25, 0.3) is 0 Å². The van der Waals surface area contributed by atoms with Crippen LogP contribution in [0.4, 0.5) is 4.79 Å². The molecule has 5 N–H and O–H groups in total. The van der Waals surface area contributed by atoms with Gasteiger partial charge in [0.1, 0.15) is 0 Å². The molecule has 1 amide bonds. The van der Waals surface area contributed by atoms with Crippen molar-refractivity contribution in [1.29, 1.82) is 0 Å². The maximum atomic E-state index is 11.5. The van der Waals surface area contributed by atoms with Gasteiger partial charge in [-0.15, -0.1) is 0 Å². The second-order valence-electron chi connectivity index (χ2n) is 7.18. The van der Waals surface area contributed by atoms with Gasteiger partial charge in [0.15, 0.2) is 11.3 Å². The predicted octanol–water partition coefficient (Wildman–Crippen LogP) is -0.407. The van der Waals surface area contributed by atoms with Crippen molar-refractivity contribution in [3.8, 4) is 0 Å². The molecule has 2 aliphatic rings. The van der Waals surface area contributed by atoms with Crippen LogP contribution in [0.15, 0.2) is 0 Å². The Morgan fingerprint density at radius 1 is 1.17 bits per heavy atom. The first kappa shape index (κ1) is 13.6. The van der Waals surface area contributed by atoms with E-state index in [0.29, 0.717) is 12.8 Å². The number of nitrogens with one attached hydrogen (secondary N) is 2. The summed E-state index contributed by atoms with van der Waals surface area (Å²) < 4.78 is 5.52. The number of hydrogen-bond donors (Lipinski definition) is 4. The molecule has 104 valence electrons. The van der Waals surface area contributed by atoms with Gasteiger partial charge in [-0.2, -0.15) is 5.43 Å². The summed E-state index contributed by atoms with van der Waals surface area (Å²) in [6.07, 6.45) is 0.656. The lowest BCUT2D eigenvalue weighted by molar-refractivity contribution is -0.793. The number of ether oxygens (including phenoxy) is 1. The van der Waals surface area contributed by atoms with Gasteiger partial charge in [0.2, 0.25) is 0 Å². The Hall–Kier alpha value is -0.850. The first-order valence-corrected chi connectivity index (χ1v) is 6.33. The molecule has 0 aromatic carbocycles. The number of piperidine rings is 1. The van der Waals surface area contributed by atoms with E-state index < -0.39 is 17.4 Å². The third kappa shape index (κ3) is 2.20. The van der Waals surface area contributed by atoms with Crippen LogP contribution in [0, 0.1) is 0 Å². The first-order chi connectivity index (χ1) is 7.97.